The van der Waals surface area contributed by atoms with Crippen LogP contribution < -0.4 is 10.6 Å². The Morgan fingerprint density at radius 3 is 2.22 bits per heavy atom. The van der Waals surface area contributed by atoms with E-state index in [0.29, 0.717) is 10.6 Å². The number of alkyl halides is 3. The van der Waals surface area contributed by atoms with Gasteiger partial charge in [0.1, 0.15) is 6.54 Å². The molecule has 1 heterocycles. The molecule has 2 amide bonds. The monoisotopic (exact) mass is 406 g/mol. The van der Waals surface area contributed by atoms with Crippen LogP contribution in [0.15, 0.2) is 40.2 Å². The van der Waals surface area contributed by atoms with Gasteiger partial charge in [-0.3, -0.25) is 9.59 Å². The Balaban J connectivity index is 1.96. The van der Waals surface area contributed by atoms with Crippen LogP contribution in [0.5, 0.6) is 0 Å². The van der Waals surface area contributed by atoms with Gasteiger partial charge in [-0.1, -0.05) is 0 Å². The minimum atomic E-state index is -4.46. The van der Waals surface area contributed by atoms with Crippen molar-refractivity contribution in [2.24, 2.45) is 0 Å². The molecular formula is C14H10BrF3N2O2S. The van der Waals surface area contributed by atoms with E-state index in [1.807, 2.05) is 0 Å². The highest BCUT2D eigenvalue weighted by molar-refractivity contribution is 9.11. The standard InChI is InChI=1S/C14H10BrF3N2O2S/c15-11-6-5-10(23-11)13(22)20-9-3-1-8(2-4-9)12(21)19-7-14(16,17)18/h1-6H,7H2,(H,19,21)(H,20,22). The quantitative estimate of drug-likeness (QED) is 0.804. The second-order valence-corrected chi connectivity index (χ2v) is 6.90. The van der Waals surface area contributed by atoms with Gasteiger partial charge in [0.15, 0.2) is 0 Å². The van der Waals surface area contributed by atoms with E-state index in [0.717, 1.165) is 3.79 Å². The van der Waals surface area contributed by atoms with Crippen molar-refractivity contribution in [2.45, 2.75) is 6.18 Å². The summed E-state index contributed by atoms with van der Waals surface area (Å²) < 4.78 is 36.9. The molecule has 0 radical (unpaired) electrons. The zero-order chi connectivity index (χ0) is 17.0. The summed E-state index contributed by atoms with van der Waals surface area (Å²) in [7, 11) is 0. The van der Waals surface area contributed by atoms with Crippen molar-refractivity contribution in [3.05, 3.63) is 50.6 Å². The number of nitrogens with one attached hydrogen (secondary N) is 2. The molecule has 0 atom stereocenters. The molecule has 23 heavy (non-hydrogen) atoms. The molecule has 9 heteroatoms. The molecule has 0 bridgehead atoms. The number of thiophene rings is 1. The first-order valence-corrected chi connectivity index (χ1v) is 7.87. The van der Waals surface area contributed by atoms with E-state index in [9.17, 15) is 22.8 Å². The molecule has 2 N–H and O–H groups in total. The van der Waals surface area contributed by atoms with Crippen molar-refractivity contribution >= 4 is 44.8 Å². The Hall–Kier alpha value is -1.87. The molecule has 0 saturated carbocycles. The molecule has 0 aliphatic rings. The minimum Gasteiger partial charge on any atom is -0.343 e. The van der Waals surface area contributed by atoms with Crippen LogP contribution in [-0.4, -0.2) is 24.5 Å². The Bertz CT molecular complexity index is 714. The zero-order valence-electron chi connectivity index (χ0n) is 11.4. The summed E-state index contributed by atoms with van der Waals surface area (Å²) in [5.41, 5.74) is 0.512. The van der Waals surface area contributed by atoms with Gasteiger partial charge < -0.3 is 10.6 Å². The number of carbonyl (C=O) groups excluding carboxylic acids is 2. The summed E-state index contributed by atoms with van der Waals surface area (Å²) >= 11 is 4.52. The highest BCUT2D eigenvalue weighted by Crippen LogP contribution is 2.23. The summed E-state index contributed by atoms with van der Waals surface area (Å²) in [6.07, 6.45) is -4.46. The highest BCUT2D eigenvalue weighted by atomic mass is 79.9. The first-order chi connectivity index (χ1) is 10.7. The lowest BCUT2D eigenvalue weighted by atomic mass is 10.2. The van der Waals surface area contributed by atoms with Gasteiger partial charge in [0.2, 0.25) is 0 Å². The molecule has 2 aromatic rings. The molecule has 0 unspecified atom stereocenters. The normalized spacial score (nSPS) is 11.1. The van der Waals surface area contributed by atoms with Gasteiger partial charge in [-0.15, -0.1) is 11.3 Å². The van der Waals surface area contributed by atoms with Crippen LogP contribution in [-0.2, 0) is 0 Å². The Labute approximate surface area is 141 Å². The van der Waals surface area contributed by atoms with Crippen molar-refractivity contribution in [3.63, 3.8) is 0 Å². The second kappa shape index (κ2) is 7.14. The van der Waals surface area contributed by atoms with E-state index < -0.39 is 18.6 Å². The number of hydrogen-bond acceptors (Lipinski definition) is 3. The first-order valence-electron chi connectivity index (χ1n) is 6.26. The third kappa shape index (κ3) is 5.36. The molecule has 2 rings (SSSR count). The van der Waals surface area contributed by atoms with Gasteiger partial charge in [-0.05, 0) is 52.3 Å². The summed E-state index contributed by atoms with van der Waals surface area (Å²) in [6.45, 7) is -1.39. The van der Waals surface area contributed by atoms with Gasteiger partial charge in [0.25, 0.3) is 11.8 Å². The van der Waals surface area contributed by atoms with Gasteiger partial charge in [-0.25, -0.2) is 0 Å². The predicted octanol–water partition coefficient (Wildman–Crippen LogP) is 4.06. The van der Waals surface area contributed by atoms with Crippen LogP contribution in [0.1, 0.15) is 20.0 Å². The van der Waals surface area contributed by atoms with Crippen LogP contribution in [0.25, 0.3) is 0 Å². The topological polar surface area (TPSA) is 58.2 Å². The van der Waals surface area contributed by atoms with Crippen LogP contribution in [0, 0.1) is 0 Å². The van der Waals surface area contributed by atoms with E-state index in [1.165, 1.54) is 35.6 Å². The van der Waals surface area contributed by atoms with E-state index >= 15 is 0 Å². The third-order valence-electron chi connectivity index (χ3n) is 2.65. The average molecular weight is 407 g/mol. The maximum Gasteiger partial charge on any atom is 0.405 e. The molecule has 0 fully saturated rings. The van der Waals surface area contributed by atoms with Crippen molar-refractivity contribution in [2.75, 3.05) is 11.9 Å². The molecule has 1 aromatic carbocycles. The number of amides is 2. The van der Waals surface area contributed by atoms with E-state index in [1.54, 1.807) is 17.4 Å². The summed E-state index contributed by atoms with van der Waals surface area (Å²) in [5, 5.41) is 4.41. The van der Waals surface area contributed by atoms with Gasteiger partial charge in [0, 0.05) is 11.3 Å². The van der Waals surface area contributed by atoms with Gasteiger partial charge >= 0.3 is 6.18 Å². The average Bonchev–Trinajstić information content (AvgIpc) is 2.91. The first kappa shape index (κ1) is 17.5. The van der Waals surface area contributed by atoms with Crippen molar-refractivity contribution in [1.82, 2.24) is 5.32 Å². The summed E-state index contributed by atoms with van der Waals surface area (Å²) in [4.78, 5) is 24.0. The molecule has 0 saturated heterocycles. The fourth-order valence-electron chi connectivity index (χ4n) is 1.62. The van der Waals surface area contributed by atoms with E-state index in [4.69, 9.17) is 0 Å². The second-order valence-electron chi connectivity index (χ2n) is 4.43. The summed E-state index contributed by atoms with van der Waals surface area (Å²) in [5.74, 6) is -1.14. The van der Waals surface area contributed by atoms with Crippen LogP contribution in [0.3, 0.4) is 0 Å². The molecule has 4 nitrogen and oxygen atoms in total. The fourth-order valence-corrected chi connectivity index (χ4v) is 2.90. The molecule has 122 valence electrons. The molecule has 0 spiro atoms. The summed E-state index contributed by atoms with van der Waals surface area (Å²) in [6, 6.07) is 8.97. The Morgan fingerprint density at radius 1 is 1.04 bits per heavy atom. The van der Waals surface area contributed by atoms with Crippen molar-refractivity contribution < 1.29 is 22.8 Å². The molecule has 0 aliphatic heterocycles. The number of rotatable bonds is 4. The van der Waals surface area contributed by atoms with Crippen LogP contribution in [0.4, 0.5) is 18.9 Å². The zero-order valence-corrected chi connectivity index (χ0v) is 13.8. The number of halogens is 4. The Kier molecular flexibility index (Phi) is 5.42. The predicted molar refractivity (Wildman–Crippen MR) is 84.8 cm³/mol. The number of hydrogen-bond donors (Lipinski definition) is 2. The molecule has 0 aliphatic carbocycles. The van der Waals surface area contributed by atoms with E-state index in [-0.39, 0.29) is 11.5 Å². The van der Waals surface area contributed by atoms with E-state index in [2.05, 4.69) is 21.2 Å². The van der Waals surface area contributed by atoms with Crippen molar-refractivity contribution in [3.8, 4) is 0 Å². The number of anilines is 1. The largest absolute Gasteiger partial charge is 0.405 e. The molecular weight excluding hydrogens is 397 g/mol. The SMILES string of the molecule is O=C(NCC(F)(F)F)c1ccc(NC(=O)c2ccc(Br)s2)cc1. The lowest BCUT2D eigenvalue weighted by Gasteiger charge is -2.09. The minimum absolute atomic E-state index is 0.0751. The highest BCUT2D eigenvalue weighted by Gasteiger charge is 2.27. The third-order valence-corrected chi connectivity index (χ3v) is 4.27. The van der Waals surface area contributed by atoms with Crippen LogP contribution in [0.2, 0.25) is 0 Å². The lowest BCUT2D eigenvalue weighted by Crippen LogP contribution is -2.33. The fraction of sp³-hybridized carbons (Fsp3) is 0.143. The maximum absolute atomic E-state index is 12.0. The smallest absolute Gasteiger partial charge is 0.343 e. The molecule has 1 aromatic heterocycles. The van der Waals surface area contributed by atoms with Crippen LogP contribution >= 0.6 is 27.3 Å². The lowest BCUT2D eigenvalue weighted by molar-refractivity contribution is -0.123. The van der Waals surface area contributed by atoms with Gasteiger partial charge in [0.05, 0.1) is 8.66 Å². The number of carbonyl (C=O) groups is 2. The number of benzene rings is 1. The van der Waals surface area contributed by atoms with Gasteiger partial charge in [-0.2, -0.15) is 13.2 Å². The van der Waals surface area contributed by atoms with Crippen molar-refractivity contribution in [1.29, 1.82) is 0 Å². The Morgan fingerprint density at radius 2 is 1.70 bits per heavy atom. The maximum atomic E-state index is 12.0.